The van der Waals surface area contributed by atoms with Crippen LogP contribution in [-0.2, 0) is 10.0 Å². The summed E-state index contributed by atoms with van der Waals surface area (Å²) < 4.78 is 26.9. The predicted molar refractivity (Wildman–Crippen MR) is 83.4 cm³/mol. The van der Waals surface area contributed by atoms with Crippen molar-refractivity contribution in [2.75, 3.05) is 32.7 Å². The van der Waals surface area contributed by atoms with Gasteiger partial charge >= 0.3 is 6.03 Å². The molecule has 1 N–H and O–H groups in total. The average molecular weight is 352 g/mol. The van der Waals surface area contributed by atoms with Crippen LogP contribution in [0.15, 0.2) is 16.3 Å². The summed E-state index contributed by atoms with van der Waals surface area (Å²) in [4.78, 5) is 13.5. The predicted octanol–water partition coefficient (Wildman–Crippen LogP) is 1.83. The molecule has 6 nitrogen and oxygen atoms in total. The second kappa shape index (κ2) is 6.95. The number of nitrogens with zero attached hydrogens (tertiary/aromatic N) is 2. The number of carbonyl (C=O) groups excluding carboxylic acids is 1. The molecule has 9 heteroatoms. The summed E-state index contributed by atoms with van der Waals surface area (Å²) in [6.45, 7) is 4.01. The molecule has 1 aromatic heterocycles. The van der Waals surface area contributed by atoms with Crippen LogP contribution in [0.2, 0.25) is 4.34 Å². The van der Waals surface area contributed by atoms with Crippen LogP contribution < -0.4 is 5.32 Å². The van der Waals surface area contributed by atoms with Gasteiger partial charge in [-0.25, -0.2) is 13.2 Å². The van der Waals surface area contributed by atoms with Crippen molar-refractivity contribution in [2.24, 2.45) is 0 Å². The molecule has 1 aliphatic heterocycles. The highest BCUT2D eigenvalue weighted by Crippen LogP contribution is 2.28. The van der Waals surface area contributed by atoms with Crippen LogP contribution in [0.25, 0.3) is 0 Å². The largest absolute Gasteiger partial charge is 0.338 e. The lowest BCUT2D eigenvalue weighted by Crippen LogP contribution is -2.53. The Morgan fingerprint density at radius 3 is 2.52 bits per heavy atom. The molecule has 0 aromatic carbocycles. The molecular formula is C12H18ClN3O3S2. The number of hydrogen-bond acceptors (Lipinski definition) is 4. The Kier molecular flexibility index (Phi) is 5.48. The highest BCUT2D eigenvalue weighted by molar-refractivity contribution is 7.91. The molecule has 0 aliphatic carbocycles. The molecule has 0 unspecified atom stereocenters. The van der Waals surface area contributed by atoms with E-state index in [1.165, 1.54) is 10.4 Å². The number of amides is 2. The van der Waals surface area contributed by atoms with E-state index >= 15 is 0 Å². The van der Waals surface area contributed by atoms with Crippen molar-refractivity contribution in [3.63, 3.8) is 0 Å². The Balaban J connectivity index is 1.96. The normalized spacial score (nSPS) is 17.0. The number of piperazine rings is 1. The van der Waals surface area contributed by atoms with E-state index in [0.29, 0.717) is 37.1 Å². The summed E-state index contributed by atoms with van der Waals surface area (Å²) in [6, 6.07) is 2.96. The highest BCUT2D eigenvalue weighted by Gasteiger charge is 2.30. The molecule has 2 rings (SSSR count). The Labute approximate surface area is 133 Å². The van der Waals surface area contributed by atoms with Gasteiger partial charge in [0.25, 0.3) is 10.0 Å². The number of rotatable bonds is 4. The van der Waals surface area contributed by atoms with E-state index in [1.807, 2.05) is 6.92 Å². The molecule has 1 aromatic rings. The molecule has 0 saturated carbocycles. The molecule has 1 saturated heterocycles. The number of thiophene rings is 1. The SMILES string of the molecule is CCCNC(=O)N1CCN(S(=O)(=O)c2ccc(Cl)s2)CC1. The van der Waals surface area contributed by atoms with Crippen molar-refractivity contribution in [1.29, 1.82) is 0 Å². The van der Waals surface area contributed by atoms with Crippen LogP contribution in [0, 0.1) is 0 Å². The van der Waals surface area contributed by atoms with Crippen LogP contribution in [-0.4, -0.2) is 56.4 Å². The van der Waals surface area contributed by atoms with Gasteiger partial charge in [0, 0.05) is 32.7 Å². The molecule has 1 fully saturated rings. The number of hydrogen-bond donors (Lipinski definition) is 1. The van der Waals surface area contributed by atoms with Crippen LogP contribution in [0.3, 0.4) is 0 Å². The van der Waals surface area contributed by atoms with Crippen LogP contribution in [0.5, 0.6) is 0 Å². The minimum atomic E-state index is -3.50. The zero-order valence-electron chi connectivity index (χ0n) is 11.7. The van der Waals surface area contributed by atoms with E-state index in [4.69, 9.17) is 11.6 Å². The lowest BCUT2D eigenvalue weighted by molar-refractivity contribution is 0.172. The summed E-state index contributed by atoms with van der Waals surface area (Å²) in [5.41, 5.74) is 0. The Bertz CT molecular complexity index is 595. The zero-order chi connectivity index (χ0) is 15.5. The Hall–Kier alpha value is -0.830. The molecule has 0 radical (unpaired) electrons. The third-order valence-electron chi connectivity index (χ3n) is 3.19. The third kappa shape index (κ3) is 3.88. The lowest BCUT2D eigenvalue weighted by atomic mass is 10.4. The van der Waals surface area contributed by atoms with Gasteiger partial charge in [-0.2, -0.15) is 4.31 Å². The maximum Gasteiger partial charge on any atom is 0.317 e. The van der Waals surface area contributed by atoms with Crippen LogP contribution in [0.1, 0.15) is 13.3 Å². The van der Waals surface area contributed by atoms with Crippen molar-refractivity contribution < 1.29 is 13.2 Å². The number of halogens is 1. The summed E-state index contributed by atoms with van der Waals surface area (Å²) >= 11 is 6.84. The van der Waals surface area contributed by atoms with Gasteiger partial charge in [0.1, 0.15) is 4.21 Å². The second-order valence-corrected chi connectivity index (χ2v) is 8.56. The number of nitrogens with one attached hydrogen (secondary N) is 1. The molecule has 0 spiro atoms. The van der Waals surface area contributed by atoms with Crippen molar-refractivity contribution in [2.45, 2.75) is 17.6 Å². The van der Waals surface area contributed by atoms with Gasteiger partial charge in [-0.05, 0) is 18.6 Å². The van der Waals surface area contributed by atoms with E-state index in [-0.39, 0.29) is 10.2 Å². The van der Waals surface area contributed by atoms with E-state index in [2.05, 4.69) is 5.32 Å². The maximum absolute atomic E-state index is 12.4. The van der Waals surface area contributed by atoms with Gasteiger partial charge < -0.3 is 10.2 Å². The highest BCUT2D eigenvalue weighted by atomic mass is 35.5. The second-order valence-electron chi connectivity index (χ2n) is 4.68. The molecule has 2 heterocycles. The fourth-order valence-electron chi connectivity index (χ4n) is 2.04. The fourth-order valence-corrected chi connectivity index (χ4v) is 5.10. The first kappa shape index (κ1) is 16.5. The molecule has 21 heavy (non-hydrogen) atoms. The zero-order valence-corrected chi connectivity index (χ0v) is 14.1. The standard InChI is InChI=1S/C12H18ClN3O3S2/c1-2-5-14-12(17)15-6-8-16(9-7-15)21(18,19)11-4-3-10(13)20-11/h3-4H,2,5-9H2,1H3,(H,14,17). The monoisotopic (exact) mass is 351 g/mol. The molecular weight excluding hydrogens is 334 g/mol. The smallest absolute Gasteiger partial charge is 0.317 e. The first-order valence-corrected chi connectivity index (χ1v) is 9.37. The fraction of sp³-hybridized carbons (Fsp3) is 0.583. The quantitative estimate of drug-likeness (QED) is 0.899. The molecule has 2 amide bonds. The average Bonchev–Trinajstić information content (AvgIpc) is 2.92. The topological polar surface area (TPSA) is 69.7 Å². The minimum absolute atomic E-state index is 0.131. The molecule has 0 atom stereocenters. The van der Waals surface area contributed by atoms with Crippen LogP contribution >= 0.6 is 22.9 Å². The number of urea groups is 1. The lowest BCUT2D eigenvalue weighted by Gasteiger charge is -2.33. The van der Waals surface area contributed by atoms with Crippen molar-refractivity contribution in [1.82, 2.24) is 14.5 Å². The van der Waals surface area contributed by atoms with E-state index in [0.717, 1.165) is 17.8 Å². The Morgan fingerprint density at radius 1 is 1.33 bits per heavy atom. The van der Waals surface area contributed by atoms with Crippen molar-refractivity contribution in [3.05, 3.63) is 16.5 Å². The summed E-state index contributed by atoms with van der Waals surface area (Å²) in [5.74, 6) is 0. The maximum atomic E-state index is 12.4. The van der Waals surface area contributed by atoms with E-state index < -0.39 is 10.0 Å². The first-order chi connectivity index (χ1) is 9.95. The molecule has 1 aliphatic rings. The minimum Gasteiger partial charge on any atom is -0.338 e. The van der Waals surface area contributed by atoms with Gasteiger partial charge in [0.2, 0.25) is 0 Å². The summed E-state index contributed by atoms with van der Waals surface area (Å²) in [5, 5.41) is 2.79. The molecule has 0 bridgehead atoms. The first-order valence-electron chi connectivity index (χ1n) is 6.73. The summed E-state index contributed by atoms with van der Waals surface area (Å²) in [7, 11) is -3.50. The molecule has 118 valence electrons. The van der Waals surface area contributed by atoms with Gasteiger partial charge in [0.05, 0.1) is 4.34 Å². The van der Waals surface area contributed by atoms with E-state index in [9.17, 15) is 13.2 Å². The van der Waals surface area contributed by atoms with E-state index in [1.54, 1.807) is 11.0 Å². The third-order valence-corrected chi connectivity index (χ3v) is 6.79. The summed E-state index contributed by atoms with van der Waals surface area (Å²) in [6.07, 6.45) is 0.874. The van der Waals surface area contributed by atoms with Gasteiger partial charge in [-0.1, -0.05) is 18.5 Å². The van der Waals surface area contributed by atoms with Crippen molar-refractivity contribution in [3.8, 4) is 0 Å². The number of carbonyl (C=O) groups is 1. The Morgan fingerprint density at radius 2 is 2.00 bits per heavy atom. The van der Waals surface area contributed by atoms with Gasteiger partial charge in [0.15, 0.2) is 0 Å². The number of sulfonamides is 1. The van der Waals surface area contributed by atoms with Crippen LogP contribution in [0.4, 0.5) is 4.79 Å². The van der Waals surface area contributed by atoms with Gasteiger partial charge in [-0.3, -0.25) is 0 Å². The van der Waals surface area contributed by atoms with Crippen molar-refractivity contribution >= 4 is 39.0 Å². The van der Waals surface area contributed by atoms with Gasteiger partial charge in [-0.15, -0.1) is 11.3 Å².